The van der Waals surface area contributed by atoms with E-state index in [1.807, 2.05) is 0 Å². The molecule has 2 aliphatic rings. The van der Waals surface area contributed by atoms with E-state index >= 15 is 0 Å². The molecule has 2 fully saturated rings. The van der Waals surface area contributed by atoms with Crippen molar-refractivity contribution >= 4 is 0 Å². The third kappa shape index (κ3) is 9.00. The average molecular weight is 435 g/mol. The highest BCUT2D eigenvalue weighted by atomic mass is 15.1. The van der Waals surface area contributed by atoms with Crippen LogP contribution in [0.3, 0.4) is 0 Å². The molecule has 2 aliphatic heterocycles. The largest absolute Gasteiger partial charge is 0.306 e. The summed E-state index contributed by atoms with van der Waals surface area (Å²) < 4.78 is 0. The van der Waals surface area contributed by atoms with E-state index in [0.29, 0.717) is 10.8 Å². The molecule has 184 valence electrons. The first-order chi connectivity index (χ1) is 14.5. The maximum Gasteiger partial charge on any atom is -0.00161 e. The minimum Gasteiger partial charge on any atom is -0.306 e. The molecule has 2 heteroatoms. The molecular formula is C29H58N2. The van der Waals surface area contributed by atoms with Crippen LogP contribution in [-0.2, 0) is 0 Å². The van der Waals surface area contributed by atoms with E-state index in [1.54, 1.807) is 0 Å². The third-order valence-corrected chi connectivity index (χ3v) is 9.39. The number of piperidine rings is 2. The molecule has 2 atom stereocenters. The number of likely N-dealkylation sites (tertiary alicyclic amines) is 2. The van der Waals surface area contributed by atoms with Crippen molar-refractivity contribution in [2.75, 3.05) is 39.8 Å². The molecule has 2 rings (SSSR count). The van der Waals surface area contributed by atoms with E-state index < -0.39 is 0 Å². The average Bonchev–Trinajstić information content (AvgIpc) is 2.71. The van der Waals surface area contributed by atoms with E-state index in [-0.39, 0.29) is 0 Å². The fourth-order valence-electron chi connectivity index (χ4n) is 6.68. The van der Waals surface area contributed by atoms with Crippen LogP contribution in [0.1, 0.15) is 113 Å². The van der Waals surface area contributed by atoms with Crippen LogP contribution < -0.4 is 0 Å². The Kier molecular flexibility index (Phi) is 10.9. The number of hydrogen-bond donors (Lipinski definition) is 0. The molecular weight excluding hydrogens is 376 g/mol. The molecule has 0 amide bonds. The molecule has 0 aromatic carbocycles. The van der Waals surface area contributed by atoms with Crippen molar-refractivity contribution in [2.24, 2.45) is 34.5 Å². The fraction of sp³-hybridized carbons (Fsp3) is 1.00. The van der Waals surface area contributed by atoms with Gasteiger partial charge in [0.05, 0.1) is 0 Å². The van der Waals surface area contributed by atoms with Gasteiger partial charge >= 0.3 is 0 Å². The Hall–Kier alpha value is -0.0800. The molecule has 31 heavy (non-hydrogen) atoms. The lowest BCUT2D eigenvalue weighted by Crippen LogP contribution is -2.37. The monoisotopic (exact) mass is 434 g/mol. The van der Waals surface area contributed by atoms with E-state index in [9.17, 15) is 0 Å². The first-order valence-corrected chi connectivity index (χ1v) is 14.0. The Bertz CT molecular complexity index is 475. The van der Waals surface area contributed by atoms with Crippen LogP contribution >= 0.6 is 0 Å². The summed E-state index contributed by atoms with van der Waals surface area (Å²) >= 11 is 0. The summed E-state index contributed by atoms with van der Waals surface area (Å²) in [5, 5.41) is 0. The highest BCUT2D eigenvalue weighted by molar-refractivity contribution is 4.83. The Morgan fingerprint density at radius 3 is 1.71 bits per heavy atom. The van der Waals surface area contributed by atoms with Gasteiger partial charge in [-0.05, 0) is 126 Å². The Balaban J connectivity index is 1.69. The summed E-state index contributed by atoms with van der Waals surface area (Å²) in [5.74, 6) is 3.73. The van der Waals surface area contributed by atoms with Gasteiger partial charge in [0.2, 0.25) is 0 Å². The number of nitrogens with zero attached hydrogens (tertiary/aromatic N) is 2. The Labute approximate surface area is 196 Å². The van der Waals surface area contributed by atoms with Gasteiger partial charge in [-0.1, -0.05) is 61.3 Å². The van der Waals surface area contributed by atoms with Crippen molar-refractivity contribution < 1.29 is 0 Å². The summed E-state index contributed by atoms with van der Waals surface area (Å²) in [5.41, 5.74) is 0.971. The molecule has 2 unspecified atom stereocenters. The quantitative estimate of drug-likeness (QED) is 0.328. The first kappa shape index (κ1) is 27.2. The molecule has 0 saturated carbocycles. The van der Waals surface area contributed by atoms with Gasteiger partial charge in [-0.25, -0.2) is 0 Å². The smallest absolute Gasteiger partial charge is 0.00161 e. The molecule has 0 spiro atoms. The predicted molar refractivity (Wildman–Crippen MR) is 139 cm³/mol. The Morgan fingerprint density at radius 1 is 0.742 bits per heavy atom. The second kappa shape index (κ2) is 12.4. The molecule has 0 N–H and O–H groups in total. The van der Waals surface area contributed by atoms with Gasteiger partial charge in [0.25, 0.3) is 0 Å². The summed E-state index contributed by atoms with van der Waals surface area (Å²) in [4.78, 5) is 5.29. The summed E-state index contributed by atoms with van der Waals surface area (Å²) in [6.07, 6.45) is 14.1. The number of rotatable bonds is 11. The van der Waals surface area contributed by atoms with E-state index in [1.165, 1.54) is 96.9 Å². The molecule has 0 aromatic heterocycles. The van der Waals surface area contributed by atoms with E-state index in [0.717, 1.165) is 23.7 Å². The van der Waals surface area contributed by atoms with Crippen LogP contribution in [-0.4, -0.2) is 49.6 Å². The van der Waals surface area contributed by atoms with Crippen LogP contribution in [0, 0.1) is 34.5 Å². The molecule has 0 aliphatic carbocycles. The van der Waals surface area contributed by atoms with Gasteiger partial charge in [-0.3, -0.25) is 0 Å². The van der Waals surface area contributed by atoms with Crippen molar-refractivity contribution in [1.29, 1.82) is 0 Å². The topological polar surface area (TPSA) is 6.48 Å². The summed E-state index contributed by atoms with van der Waals surface area (Å²) in [6, 6.07) is 0. The van der Waals surface area contributed by atoms with Crippen LogP contribution in [0.25, 0.3) is 0 Å². The lowest BCUT2D eigenvalue weighted by atomic mass is 9.69. The van der Waals surface area contributed by atoms with Crippen molar-refractivity contribution in [3.05, 3.63) is 0 Å². The third-order valence-electron chi connectivity index (χ3n) is 9.39. The van der Waals surface area contributed by atoms with E-state index in [4.69, 9.17) is 0 Å². The highest BCUT2D eigenvalue weighted by Crippen LogP contribution is 2.40. The minimum absolute atomic E-state index is 0.473. The van der Waals surface area contributed by atoms with Crippen molar-refractivity contribution in [1.82, 2.24) is 9.80 Å². The molecule has 0 aromatic rings. The second-order valence-electron chi connectivity index (χ2n) is 13.2. The maximum atomic E-state index is 2.78. The normalized spacial score (nSPS) is 23.2. The van der Waals surface area contributed by atoms with Gasteiger partial charge in [-0.15, -0.1) is 0 Å². The molecule has 2 saturated heterocycles. The highest BCUT2D eigenvalue weighted by Gasteiger charge is 2.32. The SMILES string of the molecule is CCC(CC1CCN(CCCC(C)(C)C(CC)CC2CCN(C)CC2)CC1)C(C)(C)C. The molecule has 2 nitrogen and oxygen atoms in total. The summed E-state index contributed by atoms with van der Waals surface area (Å²) in [6.45, 7) is 23.9. The minimum atomic E-state index is 0.473. The molecule has 0 bridgehead atoms. The van der Waals surface area contributed by atoms with Gasteiger partial charge in [0.1, 0.15) is 0 Å². The zero-order valence-corrected chi connectivity index (χ0v) is 22.8. The predicted octanol–water partition coefficient (Wildman–Crippen LogP) is 7.73. The zero-order valence-electron chi connectivity index (χ0n) is 22.8. The fourth-order valence-corrected chi connectivity index (χ4v) is 6.68. The van der Waals surface area contributed by atoms with Gasteiger partial charge in [0, 0.05) is 0 Å². The van der Waals surface area contributed by atoms with Crippen LogP contribution in [0.2, 0.25) is 0 Å². The first-order valence-electron chi connectivity index (χ1n) is 14.0. The van der Waals surface area contributed by atoms with Crippen LogP contribution in [0.4, 0.5) is 0 Å². The van der Waals surface area contributed by atoms with Crippen LogP contribution in [0.5, 0.6) is 0 Å². The van der Waals surface area contributed by atoms with Gasteiger partial charge < -0.3 is 9.80 Å². The van der Waals surface area contributed by atoms with Crippen LogP contribution in [0.15, 0.2) is 0 Å². The zero-order chi connectivity index (χ0) is 23.1. The maximum absolute atomic E-state index is 2.78. The number of hydrogen-bond acceptors (Lipinski definition) is 2. The van der Waals surface area contributed by atoms with E-state index in [2.05, 4.69) is 65.3 Å². The van der Waals surface area contributed by atoms with Crippen molar-refractivity contribution in [3.8, 4) is 0 Å². The van der Waals surface area contributed by atoms with Gasteiger partial charge in [-0.2, -0.15) is 0 Å². The molecule has 2 heterocycles. The molecule has 0 radical (unpaired) electrons. The van der Waals surface area contributed by atoms with Crippen molar-refractivity contribution in [2.45, 2.75) is 113 Å². The van der Waals surface area contributed by atoms with Gasteiger partial charge in [0.15, 0.2) is 0 Å². The summed E-state index contributed by atoms with van der Waals surface area (Å²) in [7, 11) is 2.28. The lowest BCUT2D eigenvalue weighted by molar-refractivity contribution is 0.106. The standard InChI is InChI=1S/C29H58N2/c1-9-26(28(3,4)5)22-25-14-20-31(21-15-25)17-11-16-29(6,7)27(10-2)23-24-12-18-30(8)19-13-24/h24-27H,9-23H2,1-8H3. The lowest BCUT2D eigenvalue weighted by Gasteiger charge is -2.40. The Morgan fingerprint density at radius 2 is 1.23 bits per heavy atom. The van der Waals surface area contributed by atoms with Crippen molar-refractivity contribution in [3.63, 3.8) is 0 Å². The second-order valence-corrected chi connectivity index (χ2v) is 13.2.